The van der Waals surface area contributed by atoms with Gasteiger partial charge in [-0.25, -0.2) is 0 Å². The van der Waals surface area contributed by atoms with Crippen LogP contribution in [-0.2, 0) is 7.05 Å². The van der Waals surface area contributed by atoms with Gasteiger partial charge in [0, 0.05) is 25.2 Å². The number of hydrogen-bond acceptors (Lipinski definition) is 3. The van der Waals surface area contributed by atoms with Crippen molar-refractivity contribution in [3.8, 4) is 0 Å². The molecule has 0 aliphatic carbocycles. The second-order valence-corrected chi connectivity index (χ2v) is 5.75. The SMILES string of the molecule is Cc1cc(NCC(C)(C)C(C)(C)N)n(C)n1. The summed E-state index contributed by atoms with van der Waals surface area (Å²) in [5.41, 5.74) is 6.99. The smallest absolute Gasteiger partial charge is 0.124 e. The predicted octanol–water partition coefficient (Wildman–Crippen LogP) is 1.90. The van der Waals surface area contributed by atoms with E-state index >= 15 is 0 Å². The summed E-state index contributed by atoms with van der Waals surface area (Å²) >= 11 is 0. The molecule has 4 nitrogen and oxygen atoms in total. The Labute approximate surface area is 98.2 Å². The summed E-state index contributed by atoms with van der Waals surface area (Å²) < 4.78 is 1.86. The Bertz CT molecular complexity index is 358. The lowest BCUT2D eigenvalue weighted by atomic mass is 9.75. The minimum atomic E-state index is -0.215. The third-order valence-corrected chi connectivity index (χ3v) is 3.46. The number of rotatable bonds is 4. The van der Waals surface area contributed by atoms with Crippen LogP contribution < -0.4 is 11.1 Å². The van der Waals surface area contributed by atoms with Gasteiger partial charge in [0.1, 0.15) is 5.82 Å². The summed E-state index contributed by atoms with van der Waals surface area (Å²) in [4.78, 5) is 0. The maximum Gasteiger partial charge on any atom is 0.124 e. The van der Waals surface area contributed by atoms with Crippen molar-refractivity contribution < 1.29 is 0 Å². The Hall–Kier alpha value is -1.03. The summed E-state index contributed by atoms with van der Waals surface area (Å²) in [7, 11) is 1.94. The van der Waals surface area contributed by atoms with Crippen LogP contribution in [0.4, 0.5) is 5.82 Å². The van der Waals surface area contributed by atoms with Crippen molar-refractivity contribution in [1.29, 1.82) is 0 Å². The molecule has 0 saturated heterocycles. The molecule has 0 amide bonds. The van der Waals surface area contributed by atoms with Crippen LogP contribution in [0.5, 0.6) is 0 Å². The molecule has 0 atom stereocenters. The van der Waals surface area contributed by atoms with E-state index in [1.54, 1.807) is 0 Å². The highest BCUT2D eigenvalue weighted by atomic mass is 15.3. The maximum absolute atomic E-state index is 6.16. The standard InChI is InChI=1S/C12H24N4/c1-9-7-10(16(6)15-9)14-8-11(2,3)12(4,5)13/h7,14H,8,13H2,1-6H3. The molecule has 1 aromatic heterocycles. The Kier molecular flexibility index (Phi) is 3.33. The third kappa shape index (κ3) is 2.76. The van der Waals surface area contributed by atoms with Crippen LogP contribution in [0, 0.1) is 12.3 Å². The molecule has 1 rings (SSSR count). The molecule has 3 N–H and O–H groups in total. The van der Waals surface area contributed by atoms with Crippen LogP contribution in [0.2, 0.25) is 0 Å². The Balaban J connectivity index is 2.68. The van der Waals surface area contributed by atoms with Gasteiger partial charge in [0.15, 0.2) is 0 Å². The minimum Gasteiger partial charge on any atom is -0.370 e. The van der Waals surface area contributed by atoms with E-state index in [1.165, 1.54) is 0 Å². The second-order valence-electron chi connectivity index (χ2n) is 5.75. The second kappa shape index (κ2) is 4.09. The first-order chi connectivity index (χ1) is 7.13. The van der Waals surface area contributed by atoms with Gasteiger partial charge in [-0.2, -0.15) is 5.10 Å². The molecule has 0 spiro atoms. The van der Waals surface area contributed by atoms with Crippen molar-refractivity contribution in [2.45, 2.75) is 40.2 Å². The number of nitrogens with one attached hydrogen (secondary N) is 1. The summed E-state index contributed by atoms with van der Waals surface area (Å²) in [6.07, 6.45) is 0. The van der Waals surface area contributed by atoms with Crippen LogP contribution in [0.15, 0.2) is 6.07 Å². The molecule has 1 aromatic rings. The quantitative estimate of drug-likeness (QED) is 0.821. The molecular weight excluding hydrogens is 200 g/mol. The van der Waals surface area contributed by atoms with E-state index in [4.69, 9.17) is 5.73 Å². The first-order valence-corrected chi connectivity index (χ1v) is 5.67. The van der Waals surface area contributed by atoms with Crippen LogP contribution in [0.1, 0.15) is 33.4 Å². The molecule has 92 valence electrons. The van der Waals surface area contributed by atoms with Crippen molar-refractivity contribution in [2.24, 2.45) is 18.2 Å². The van der Waals surface area contributed by atoms with Gasteiger partial charge in [0.2, 0.25) is 0 Å². The molecule has 0 fully saturated rings. The first kappa shape index (κ1) is 13.0. The Morgan fingerprint density at radius 2 is 1.94 bits per heavy atom. The maximum atomic E-state index is 6.16. The van der Waals surface area contributed by atoms with Crippen LogP contribution >= 0.6 is 0 Å². The van der Waals surface area contributed by atoms with Crippen molar-refractivity contribution in [3.63, 3.8) is 0 Å². The number of anilines is 1. The van der Waals surface area contributed by atoms with E-state index in [9.17, 15) is 0 Å². The van der Waals surface area contributed by atoms with Crippen molar-refractivity contribution in [2.75, 3.05) is 11.9 Å². The first-order valence-electron chi connectivity index (χ1n) is 5.67. The largest absolute Gasteiger partial charge is 0.370 e. The average molecular weight is 224 g/mol. The fourth-order valence-electron chi connectivity index (χ4n) is 1.32. The number of aryl methyl sites for hydroxylation is 2. The highest BCUT2D eigenvalue weighted by Gasteiger charge is 2.33. The molecule has 0 aliphatic rings. The molecule has 0 unspecified atom stereocenters. The molecule has 1 heterocycles. The van der Waals surface area contributed by atoms with E-state index in [1.807, 2.05) is 24.7 Å². The monoisotopic (exact) mass is 224 g/mol. The van der Waals surface area contributed by atoms with Gasteiger partial charge < -0.3 is 11.1 Å². The van der Waals surface area contributed by atoms with Gasteiger partial charge in [-0.3, -0.25) is 4.68 Å². The molecule has 4 heteroatoms. The molecule has 0 bridgehead atoms. The van der Waals surface area contributed by atoms with E-state index in [2.05, 4.69) is 38.1 Å². The zero-order valence-electron chi connectivity index (χ0n) is 11.3. The molecule has 0 radical (unpaired) electrons. The number of nitrogens with zero attached hydrogens (tertiary/aromatic N) is 2. The highest BCUT2D eigenvalue weighted by molar-refractivity contribution is 5.37. The van der Waals surface area contributed by atoms with Gasteiger partial charge in [-0.05, 0) is 26.2 Å². The van der Waals surface area contributed by atoms with Gasteiger partial charge in [0.25, 0.3) is 0 Å². The van der Waals surface area contributed by atoms with E-state index in [0.717, 1.165) is 18.1 Å². The summed E-state index contributed by atoms with van der Waals surface area (Å²) in [5.74, 6) is 1.04. The van der Waals surface area contributed by atoms with Crippen LogP contribution in [-0.4, -0.2) is 21.9 Å². The summed E-state index contributed by atoms with van der Waals surface area (Å²) in [6.45, 7) is 11.3. The summed E-state index contributed by atoms with van der Waals surface area (Å²) in [6, 6.07) is 2.04. The lowest BCUT2D eigenvalue weighted by molar-refractivity contribution is 0.219. The lowest BCUT2D eigenvalue weighted by Crippen LogP contribution is -2.50. The van der Waals surface area contributed by atoms with Gasteiger partial charge >= 0.3 is 0 Å². The van der Waals surface area contributed by atoms with Gasteiger partial charge in [-0.1, -0.05) is 13.8 Å². The zero-order valence-corrected chi connectivity index (χ0v) is 11.3. The molecule has 0 saturated carbocycles. The lowest BCUT2D eigenvalue weighted by Gasteiger charge is -2.38. The fraction of sp³-hybridized carbons (Fsp3) is 0.750. The van der Waals surface area contributed by atoms with Crippen molar-refractivity contribution >= 4 is 5.82 Å². The summed E-state index contributed by atoms with van der Waals surface area (Å²) in [5, 5.41) is 7.70. The molecule has 16 heavy (non-hydrogen) atoms. The average Bonchev–Trinajstić information content (AvgIpc) is 2.39. The van der Waals surface area contributed by atoms with E-state index < -0.39 is 0 Å². The number of hydrogen-bond donors (Lipinski definition) is 2. The van der Waals surface area contributed by atoms with Gasteiger partial charge in [-0.15, -0.1) is 0 Å². The van der Waals surface area contributed by atoms with Crippen LogP contribution in [0.25, 0.3) is 0 Å². The van der Waals surface area contributed by atoms with Gasteiger partial charge in [0.05, 0.1) is 5.69 Å². The Morgan fingerprint density at radius 3 is 2.31 bits per heavy atom. The zero-order chi connectivity index (χ0) is 12.6. The Morgan fingerprint density at radius 1 is 1.38 bits per heavy atom. The number of nitrogens with two attached hydrogens (primary N) is 1. The third-order valence-electron chi connectivity index (χ3n) is 3.46. The fourth-order valence-corrected chi connectivity index (χ4v) is 1.32. The topological polar surface area (TPSA) is 55.9 Å². The number of aromatic nitrogens is 2. The van der Waals surface area contributed by atoms with E-state index in [0.29, 0.717) is 0 Å². The molecule has 0 aliphatic heterocycles. The van der Waals surface area contributed by atoms with E-state index in [-0.39, 0.29) is 11.0 Å². The van der Waals surface area contributed by atoms with Crippen molar-refractivity contribution in [1.82, 2.24) is 9.78 Å². The van der Waals surface area contributed by atoms with Crippen LogP contribution in [0.3, 0.4) is 0 Å². The minimum absolute atomic E-state index is 0.0190. The molecular formula is C12H24N4. The normalized spacial score (nSPS) is 12.9. The van der Waals surface area contributed by atoms with Crippen molar-refractivity contribution in [3.05, 3.63) is 11.8 Å². The highest BCUT2D eigenvalue weighted by Crippen LogP contribution is 2.28. The predicted molar refractivity (Wildman–Crippen MR) is 68.5 cm³/mol. The molecule has 0 aromatic carbocycles.